The molecule has 1 unspecified atom stereocenters. The van der Waals surface area contributed by atoms with Crippen molar-refractivity contribution >= 4 is 23.2 Å². The molecule has 7 heteroatoms. The van der Waals surface area contributed by atoms with Gasteiger partial charge in [-0.15, -0.1) is 0 Å². The van der Waals surface area contributed by atoms with E-state index in [1.807, 2.05) is 61.5 Å². The van der Waals surface area contributed by atoms with Gasteiger partial charge in [-0.2, -0.15) is 5.10 Å². The van der Waals surface area contributed by atoms with Crippen LogP contribution >= 0.6 is 23.2 Å². The summed E-state index contributed by atoms with van der Waals surface area (Å²) in [5.74, 6) is 1.31. The molecule has 3 aromatic carbocycles. The second-order valence-electron chi connectivity index (χ2n) is 7.30. The first-order chi connectivity index (χ1) is 15.0. The van der Waals surface area contributed by atoms with Gasteiger partial charge in [0, 0.05) is 10.6 Å². The van der Waals surface area contributed by atoms with Crippen molar-refractivity contribution in [1.82, 2.24) is 14.8 Å². The Kier molecular flexibility index (Phi) is 6.56. The van der Waals surface area contributed by atoms with E-state index in [0.29, 0.717) is 34.7 Å². The first kappa shape index (κ1) is 21.4. The third kappa shape index (κ3) is 5.44. The molecule has 0 radical (unpaired) electrons. The summed E-state index contributed by atoms with van der Waals surface area (Å²) in [5, 5.41) is 5.44. The van der Waals surface area contributed by atoms with Gasteiger partial charge in [0.05, 0.1) is 18.2 Å². The number of hydrogen-bond acceptors (Lipinski definition) is 4. The summed E-state index contributed by atoms with van der Waals surface area (Å²) < 4.78 is 14.0. The Labute approximate surface area is 191 Å². The highest BCUT2D eigenvalue weighted by molar-refractivity contribution is 6.31. The van der Waals surface area contributed by atoms with Gasteiger partial charge in [0.15, 0.2) is 0 Å². The predicted octanol–water partition coefficient (Wildman–Crippen LogP) is 6.51. The Bertz CT molecular complexity index is 1120. The normalized spacial score (nSPS) is 13.0. The number of benzene rings is 3. The van der Waals surface area contributed by atoms with Gasteiger partial charge in [0.25, 0.3) is 0 Å². The fourth-order valence-corrected chi connectivity index (χ4v) is 3.77. The standard InChI is InChI=1S/C24H21Cl2N3O2/c1-24(15-29-17-27-16-28-29,30-14-18-5-3-2-4-6-18)22-12-11-21(13-23(22)26)31-20-9-7-19(25)8-10-20/h2-13,16-17H,14-15H2,1H3. The van der Waals surface area contributed by atoms with E-state index in [4.69, 9.17) is 32.7 Å². The zero-order valence-electron chi connectivity index (χ0n) is 16.9. The molecule has 0 saturated carbocycles. The highest BCUT2D eigenvalue weighted by Crippen LogP contribution is 2.37. The van der Waals surface area contributed by atoms with Gasteiger partial charge < -0.3 is 9.47 Å². The van der Waals surface area contributed by atoms with E-state index >= 15 is 0 Å². The average Bonchev–Trinajstić information content (AvgIpc) is 3.27. The number of halogens is 2. The number of nitrogens with zero attached hydrogens (tertiary/aromatic N) is 3. The number of aromatic nitrogens is 3. The number of ether oxygens (including phenoxy) is 2. The lowest BCUT2D eigenvalue weighted by molar-refractivity contribution is -0.0622. The van der Waals surface area contributed by atoms with E-state index < -0.39 is 5.60 Å². The van der Waals surface area contributed by atoms with Gasteiger partial charge in [-0.25, -0.2) is 9.67 Å². The molecule has 4 rings (SSSR count). The van der Waals surface area contributed by atoms with Crippen LogP contribution in [0.4, 0.5) is 0 Å². The molecule has 0 saturated heterocycles. The van der Waals surface area contributed by atoms with E-state index in [1.165, 1.54) is 6.33 Å². The summed E-state index contributed by atoms with van der Waals surface area (Å²) in [4.78, 5) is 4.04. The van der Waals surface area contributed by atoms with Crippen molar-refractivity contribution in [1.29, 1.82) is 0 Å². The average molecular weight is 454 g/mol. The van der Waals surface area contributed by atoms with Crippen molar-refractivity contribution in [3.63, 3.8) is 0 Å². The largest absolute Gasteiger partial charge is 0.457 e. The minimum atomic E-state index is -0.737. The molecule has 0 spiro atoms. The highest BCUT2D eigenvalue weighted by Gasteiger charge is 2.31. The molecule has 1 heterocycles. The van der Waals surface area contributed by atoms with Crippen LogP contribution in [0.25, 0.3) is 0 Å². The molecule has 5 nitrogen and oxygen atoms in total. The lowest BCUT2D eigenvalue weighted by Crippen LogP contribution is -2.32. The second kappa shape index (κ2) is 9.52. The fourth-order valence-electron chi connectivity index (χ4n) is 3.28. The molecule has 0 aliphatic carbocycles. The molecule has 1 aromatic heterocycles. The summed E-state index contributed by atoms with van der Waals surface area (Å²) >= 11 is 12.6. The van der Waals surface area contributed by atoms with Crippen LogP contribution in [-0.4, -0.2) is 14.8 Å². The van der Waals surface area contributed by atoms with Gasteiger partial charge in [-0.1, -0.05) is 59.6 Å². The maximum absolute atomic E-state index is 6.70. The van der Waals surface area contributed by atoms with Gasteiger partial charge in [0.1, 0.15) is 29.8 Å². The van der Waals surface area contributed by atoms with Crippen LogP contribution < -0.4 is 4.74 Å². The summed E-state index contributed by atoms with van der Waals surface area (Å²) in [6, 6.07) is 22.8. The van der Waals surface area contributed by atoms with Crippen molar-refractivity contribution in [2.75, 3.05) is 0 Å². The third-order valence-corrected chi connectivity index (χ3v) is 5.45. The number of rotatable bonds is 8. The van der Waals surface area contributed by atoms with Crippen LogP contribution in [0.5, 0.6) is 11.5 Å². The monoisotopic (exact) mass is 453 g/mol. The molecule has 0 N–H and O–H groups in total. The lowest BCUT2D eigenvalue weighted by atomic mass is 9.95. The van der Waals surface area contributed by atoms with Crippen molar-refractivity contribution < 1.29 is 9.47 Å². The Morgan fingerprint density at radius 3 is 2.35 bits per heavy atom. The van der Waals surface area contributed by atoms with Crippen LogP contribution in [0.1, 0.15) is 18.1 Å². The minimum absolute atomic E-state index is 0.436. The van der Waals surface area contributed by atoms with Crippen LogP contribution in [0.2, 0.25) is 10.0 Å². The zero-order valence-corrected chi connectivity index (χ0v) is 18.4. The van der Waals surface area contributed by atoms with Crippen molar-refractivity contribution in [2.45, 2.75) is 25.7 Å². The topological polar surface area (TPSA) is 49.2 Å². The molecule has 4 aromatic rings. The van der Waals surface area contributed by atoms with Crippen molar-refractivity contribution in [3.05, 3.63) is 107 Å². The molecule has 0 amide bonds. The molecule has 1 atom stereocenters. The SMILES string of the molecule is CC(Cn1cncn1)(OCc1ccccc1)c1ccc(Oc2ccc(Cl)cc2)cc1Cl. The maximum Gasteiger partial charge on any atom is 0.137 e. The Hall–Kier alpha value is -2.86. The quantitative estimate of drug-likeness (QED) is 0.305. The van der Waals surface area contributed by atoms with E-state index in [1.54, 1.807) is 29.2 Å². The molecular weight excluding hydrogens is 433 g/mol. The summed E-state index contributed by atoms with van der Waals surface area (Å²) in [6.07, 6.45) is 3.17. The summed E-state index contributed by atoms with van der Waals surface area (Å²) in [5.41, 5.74) is 1.18. The lowest BCUT2D eigenvalue weighted by Gasteiger charge is -2.31. The Morgan fingerprint density at radius 2 is 1.68 bits per heavy atom. The van der Waals surface area contributed by atoms with E-state index in [0.717, 1.165) is 11.1 Å². The smallest absolute Gasteiger partial charge is 0.137 e. The third-order valence-electron chi connectivity index (χ3n) is 4.89. The van der Waals surface area contributed by atoms with Crippen molar-refractivity contribution in [3.8, 4) is 11.5 Å². The van der Waals surface area contributed by atoms with Gasteiger partial charge >= 0.3 is 0 Å². The summed E-state index contributed by atoms with van der Waals surface area (Å²) in [7, 11) is 0. The minimum Gasteiger partial charge on any atom is -0.457 e. The van der Waals surface area contributed by atoms with E-state index in [-0.39, 0.29) is 0 Å². The summed E-state index contributed by atoms with van der Waals surface area (Å²) in [6.45, 7) is 2.89. The second-order valence-corrected chi connectivity index (χ2v) is 8.14. The molecule has 0 bridgehead atoms. The van der Waals surface area contributed by atoms with Crippen LogP contribution in [0.3, 0.4) is 0 Å². The molecule has 31 heavy (non-hydrogen) atoms. The van der Waals surface area contributed by atoms with E-state index in [9.17, 15) is 0 Å². The number of hydrogen-bond donors (Lipinski definition) is 0. The van der Waals surface area contributed by atoms with Gasteiger partial charge in [0.2, 0.25) is 0 Å². The van der Waals surface area contributed by atoms with Gasteiger partial charge in [-0.05, 0) is 48.9 Å². The highest BCUT2D eigenvalue weighted by atomic mass is 35.5. The first-order valence-corrected chi connectivity index (χ1v) is 10.5. The van der Waals surface area contributed by atoms with Crippen molar-refractivity contribution in [2.24, 2.45) is 0 Å². The molecule has 0 fully saturated rings. The molecular formula is C24H21Cl2N3O2. The first-order valence-electron chi connectivity index (χ1n) is 9.76. The Balaban J connectivity index is 1.59. The van der Waals surface area contributed by atoms with Crippen LogP contribution in [-0.2, 0) is 23.5 Å². The van der Waals surface area contributed by atoms with E-state index in [2.05, 4.69) is 10.1 Å². The Morgan fingerprint density at radius 1 is 0.935 bits per heavy atom. The molecule has 0 aliphatic heterocycles. The maximum atomic E-state index is 6.70. The fraction of sp³-hybridized carbons (Fsp3) is 0.167. The molecule has 0 aliphatic rings. The van der Waals surface area contributed by atoms with Crippen LogP contribution in [0, 0.1) is 0 Å². The van der Waals surface area contributed by atoms with Gasteiger partial charge in [-0.3, -0.25) is 0 Å². The predicted molar refractivity (Wildman–Crippen MR) is 122 cm³/mol. The van der Waals surface area contributed by atoms with Crippen LogP contribution in [0.15, 0.2) is 85.5 Å². The molecule has 158 valence electrons. The zero-order chi connectivity index (χ0) is 21.7.